The molecule has 1 heterocycles. The first-order valence-electron chi connectivity index (χ1n) is 7.75. The van der Waals surface area contributed by atoms with E-state index in [4.69, 9.17) is 0 Å². The van der Waals surface area contributed by atoms with Crippen LogP contribution in [0.4, 0.5) is 5.82 Å². The minimum atomic E-state index is -0.0486. The Morgan fingerprint density at radius 1 is 1.35 bits per heavy atom. The van der Waals surface area contributed by atoms with Crippen LogP contribution in [0.25, 0.3) is 0 Å². The molecule has 1 amide bonds. The lowest BCUT2D eigenvalue weighted by atomic mass is 9.89. The Bertz CT molecular complexity index is 488. The molecule has 1 aromatic rings. The van der Waals surface area contributed by atoms with Crippen molar-refractivity contribution in [2.75, 3.05) is 18.4 Å². The Kier molecular flexibility index (Phi) is 3.90. The van der Waals surface area contributed by atoms with Crippen molar-refractivity contribution < 1.29 is 4.79 Å². The van der Waals surface area contributed by atoms with Gasteiger partial charge in [-0.1, -0.05) is 12.5 Å². The van der Waals surface area contributed by atoms with Gasteiger partial charge in [0.25, 0.3) is 5.91 Å². The number of pyridine rings is 1. The number of hydrogen-bond acceptors (Lipinski definition) is 3. The van der Waals surface area contributed by atoms with E-state index in [1.807, 2.05) is 19.1 Å². The van der Waals surface area contributed by atoms with Gasteiger partial charge in [0.15, 0.2) is 0 Å². The van der Waals surface area contributed by atoms with E-state index in [1.165, 1.54) is 25.7 Å². The highest BCUT2D eigenvalue weighted by molar-refractivity contribution is 5.92. The van der Waals surface area contributed by atoms with Crippen molar-refractivity contribution in [1.82, 2.24) is 10.3 Å². The van der Waals surface area contributed by atoms with E-state index in [0.717, 1.165) is 30.7 Å². The zero-order valence-corrected chi connectivity index (χ0v) is 12.1. The fourth-order valence-corrected chi connectivity index (χ4v) is 3.78. The van der Waals surface area contributed by atoms with Gasteiger partial charge in [0.1, 0.15) is 11.5 Å². The molecule has 0 spiro atoms. The van der Waals surface area contributed by atoms with Crippen LogP contribution >= 0.6 is 0 Å². The number of hydrogen-bond donors (Lipinski definition) is 2. The second-order valence-corrected chi connectivity index (χ2v) is 6.08. The Morgan fingerprint density at radius 3 is 2.95 bits per heavy atom. The topological polar surface area (TPSA) is 54.0 Å². The molecule has 0 saturated heterocycles. The molecule has 3 unspecified atom stereocenters. The van der Waals surface area contributed by atoms with Crippen LogP contribution in [0.15, 0.2) is 18.2 Å². The summed E-state index contributed by atoms with van der Waals surface area (Å²) in [5.74, 6) is 3.18. The number of rotatable bonds is 5. The molecule has 0 radical (unpaired) electrons. The Morgan fingerprint density at radius 2 is 2.25 bits per heavy atom. The summed E-state index contributed by atoms with van der Waals surface area (Å²) in [5, 5.41) is 6.20. The molecule has 3 rings (SSSR count). The van der Waals surface area contributed by atoms with Crippen molar-refractivity contribution in [3.8, 4) is 0 Å². The SMILES string of the molecule is CCNc1cccc(C(=O)NCC2CC3CCC2C3)n1. The van der Waals surface area contributed by atoms with Crippen molar-refractivity contribution in [2.24, 2.45) is 17.8 Å². The molecule has 0 aromatic carbocycles. The second-order valence-electron chi connectivity index (χ2n) is 6.08. The van der Waals surface area contributed by atoms with E-state index in [1.54, 1.807) is 6.07 Å². The number of nitrogens with zero attached hydrogens (tertiary/aromatic N) is 1. The average Bonchev–Trinajstić information content (AvgIpc) is 3.08. The minimum absolute atomic E-state index is 0.0486. The van der Waals surface area contributed by atoms with Gasteiger partial charge in [-0.15, -0.1) is 0 Å². The van der Waals surface area contributed by atoms with Crippen molar-refractivity contribution in [3.63, 3.8) is 0 Å². The van der Waals surface area contributed by atoms with Crippen LogP contribution in [0.2, 0.25) is 0 Å². The van der Waals surface area contributed by atoms with E-state index < -0.39 is 0 Å². The third-order valence-corrected chi connectivity index (χ3v) is 4.75. The first-order valence-corrected chi connectivity index (χ1v) is 7.75. The zero-order chi connectivity index (χ0) is 13.9. The molecule has 2 fully saturated rings. The van der Waals surface area contributed by atoms with Crippen LogP contribution in [-0.2, 0) is 0 Å². The molecule has 0 aliphatic heterocycles. The van der Waals surface area contributed by atoms with Crippen LogP contribution in [0.5, 0.6) is 0 Å². The normalized spacial score (nSPS) is 27.6. The molecule has 1 aromatic heterocycles. The lowest BCUT2D eigenvalue weighted by Gasteiger charge is -2.21. The van der Waals surface area contributed by atoms with Crippen molar-refractivity contribution >= 4 is 11.7 Å². The van der Waals surface area contributed by atoms with Crippen molar-refractivity contribution in [3.05, 3.63) is 23.9 Å². The lowest BCUT2D eigenvalue weighted by Crippen LogP contribution is -2.32. The summed E-state index contributed by atoms with van der Waals surface area (Å²) in [5.41, 5.74) is 0.506. The summed E-state index contributed by atoms with van der Waals surface area (Å²) < 4.78 is 0. The summed E-state index contributed by atoms with van der Waals surface area (Å²) in [6.07, 6.45) is 5.45. The molecule has 2 aliphatic carbocycles. The van der Waals surface area contributed by atoms with E-state index in [9.17, 15) is 4.79 Å². The van der Waals surface area contributed by atoms with E-state index in [2.05, 4.69) is 15.6 Å². The highest BCUT2D eigenvalue weighted by Crippen LogP contribution is 2.47. The van der Waals surface area contributed by atoms with Gasteiger partial charge in [-0.2, -0.15) is 0 Å². The molecule has 3 atom stereocenters. The molecular formula is C16H23N3O. The average molecular weight is 273 g/mol. The summed E-state index contributed by atoms with van der Waals surface area (Å²) in [4.78, 5) is 16.5. The van der Waals surface area contributed by atoms with E-state index >= 15 is 0 Å². The van der Waals surface area contributed by atoms with Gasteiger partial charge in [0.2, 0.25) is 0 Å². The largest absolute Gasteiger partial charge is 0.370 e. The molecule has 108 valence electrons. The highest BCUT2D eigenvalue weighted by Gasteiger charge is 2.39. The number of nitrogens with one attached hydrogen (secondary N) is 2. The maximum absolute atomic E-state index is 12.2. The Labute approximate surface area is 120 Å². The van der Waals surface area contributed by atoms with Gasteiger partial charge in [-0.3, -0.25) is 4.79 Å². The Hall–Kier alpha value is -1.58. The van der Waals surface area contributed by atoms with Gasteiger partial charge >= 0.3 is 0 Å². The number of aromatic nitrogens is 1. The van der Waals surface area contributed by atoms with Gasteiger partial charge in [-0.25, -0.2) is 4.98 Å². The highest BCUT2D eigenvalue weighted by atomic mass is 16.1. The molecule has 2 aliphatic rings. The Balaban J connectivity index is 1.55. The minimum Gasteiger partial charge on any atom is -0.370 e. The molecule has 20 heavy (non-hydrogen) atoms. The fourth-order valence-electron chi connectivity index (χ4n) is 3.78. The standard InChI is InChI=1S/C16H23N3O/c1-2-17-15-5-3-4-14(19-15)16(20)18-10-13-9-11-6-7-12(13)8-11/h3-5,11-13H,2,6-10H2,1H3,(H,17,19)(H,18,20). The summed E-state index contributed by atoms with van der Waals surface area (Å²) in [6, 6.07) is 5.53. The summed E-state index contributed by atoms with van der Waals surface area (Å²) >= 11 is 0. The van der Waals surface area contributed by atoms with E-state index in [0.29, 0.717) is 11.6 Å². The molecule has 4 heteroatoms. The molecule has 2 saturated carbocycles. The maximum atomic E-state index is 12.2. The first kappa shape index (κ1) is 13.4. The number of anilines is 1. The third kappa shape index (κ3) is 2.79. The monoisotopic (exact) mass is 273 g/mol. The summed E-state index contributed by atoms with van der Waals surface area (Å²) in [7, 11) is 0. The third-order valence-electron chi connectivity index (χ3n) is 4.75. The molecular weight excluding hydrogens is 250 g/mol. The smallest absolute Gasteiger partial charge is 0.269 e. The van der Waals surface area contributed by atoms with Gasteiger partial charge in [0, 0.05) is 13.1 Å². The number of fused-ring (bicyclic) bond motifs is 2. The van der Waals surface area contributed by atoms with Crippen molar-refractivity contribution in [1.29, 1.82) is 0 Å². The van der Waals surface area contributed by atoms with Crippen LogP contribution in [-0.4, -0.2) is 24.0 Å². The molecule has 4 nitrogen and oxygen atoms in total. The number of amides is 1. The van der Waals surface area contributed by atoms with Gasteiger partial charge < -0.3 is 10.6 Å². The fraction of sp³-hybridized carbons (Fsp3) is 0.625. The predicted molar refractivity (Wildman–Crippen MR) is 79.7 cm³/mol. The lowest BCUT2D eigenvalue weighted by molar-refractivity contribution is 0.0937. The van der Waals surface area contributed by atoms with Gasteiger partial charge in [0.05, 0.1) is 0 Å². The maximum Gasteiger partial charge on any atom is 0.269 e. The quantitative estimate of drug-likeness (QED) is 0.867. The zero-order valence-electron chi connectivity index (χ0n) is 12.1. The van der Waals surface area contributed by atoms with Crippen LogP contribution < -0.4 is 10.6 Å². The number of carbonyl (C=O) groups is 1. The number of carbonyl (C=O) groups excluding carboxylic acids is 1. The predicted octanol–water partition coefficient (Wildman–Crippen LogP) is 2.68. The molecule has 2 bridgehead atoms. The first-order chi connectivity index (χ1) is 9.76. The van der Waals surface area contributed by atoms with Gasteiger partial charge in [-0.05, 0) is 56.1 Å². The molecule has 2 N–H and O–H groups in total. The van der Waals surface area contributed by atoms with E-state index in [-0.39, 0.29) is 5.91 Å². The second kappa shape index (κ2) is 5.81. The van der Waals surface area contributed by atoms with Crippen LogP contribution in [0, 0.1) is 17.8 Å². The van der Waals surface area contributed by atoms with Crippen molar-refractivity contribution in [2.45, 2.75) is 32.6 Å². The van der Waals surface area contributed by atoms with Crippen LogP contribution in [0.3, 0.4) is 0 Å². The van der Waals surface area contributed by atoms with Crippen LogP contribution in [0.1, 0.15) is 43.1 Å². The summed E-state index contributed by atoms with van der Waals surface area (Å²) in [6.45, 7) is 3.64.